The van der Waals surface area contributed by atoms with Gasteiger partial charge >= 0.3 is 0 Å². The molecule has 0 spiro atoms. The van der Waals surface area contributed by atoms with E-state index in [9.17, 15) is 9.59 Å². The maximum absolute atomic E-state index is 12.4. The summed E-state index contributed by atoms with van der Waals surface area (Å²) in [6.45, 7) is 1.95. The summed E-state index contributed by atoms with van der Waals surface area (Å²) in [5, 5.41) is 10.5. The fourth-order valence-corrected chi connectivity index (χ4v) is 4.52. The number of nitrogens with zero attached hydrogens (tertiary/aromatic N) is 4. The minimum absolute atomic E-state index is 0.0475. The molecule has 0 aliphatic rings. The summed E-state index contributed by atoms with van der Waals surface area (Å²) < 4.78 is 0. The van der Waals surface area contributed by atoms with Gasteiger partial charge in [0.25, 0.3) is 0 Å². The summed E-state index contributed by atoms with van der Waals surface area (Å²) in [4.78, 5) is 42.0. The molecule has 0 aliphatic carbocycles. The molecule has 4 aromatic rings. The molecule has 1 atom stereocenters. The van der Waals surface area contributed by atoms with E-state index in [4.69, 9.17) is 0 Å². The Kier molecular flexibility index (Phi) is 7.48. The highest BCUT2D eigenvalue weighted by Gasteiger charge is 2.15. The lowest BCUT2D eigenvalue weighted by Gasteiger charge is -2.10. The van der Waals surface area contributed by atoms with Crippen molar-refractivity contribution in [3.05, 3.63) is 59.6 Å². The maximum Gasteiger partial charge on any atom is 0.226 e. The second kappa shape index (κ2) is 10.9. The molecular formula is C23H22N6O2S2. The van der Waals surface area contributed by atoms with Crippen LogP contribution in [-0.2, 0) is 9.59 Å². The van der Waals surface area contributed by atoms with Crippen LogP contribution in [0, 0.1) is 5.92 Å². The molecule has 4 heterocycles. The molecule has 8 nitrogen and oxygen atoms in total. The fraction of sp³-hybridized carbons (Fsp3) is 0.217. The predicted octanol–water partition coefficient (Wildman–Crippen LogP) is 5.11. The lowest BCUT2D eigenvalue weighted by molar-refractivity contribution is -0.118. The lowest BCUT2D eigenvalue weighted by atomic mass is 10.0. The van der Waals surface area contributed by atoms with E-state index in [2.05, 4.69) is 30.6 Å². The molecule has 0 radical (unpaired) electrons. The Labute approximate surface area is 199 Å². The summed E-state index contributed by atoms with van der Waals surface area (Å²) in [6.07, 6.45) is 4.63. The van der Waals surface area contributed by atoms with Gasteiger partial charge in [0.2, 0.25) is 11.8 Å². The second-order valence-corrected chi connectivity index (χ2v) is 9.17. The SMILES string of the molecule is CC(CCC(=O)Nc1nc(-c2ccccn2)cs1)CC(=O)Nc1nc(-c2ccccn2)cs1. The molecule has 1 unspecified atom stereocenters. The van der Waals surface area contributed by atoms with Crippen molar-refractivity contribution in [3.63, 3.8) is 0 Å². The van der Waals surface area contributed by atoms with Crippen LogP contribution < -0.4 is 10.6 Å². The minimum atomic E-state index is -0.121. The lowest BCUT2D eigenvalue weighted by Crippen LogP contribution is -2.17. The quantitative estimate of drug-likeness (QED) is 0.346. The Morgan fingerprint density at radius 2 is 1.36 bits per heavy atom. The molecule has 0 aromatic carbocycles. The van der Waals surface area contributed by atoms with Crippen LogP contribution in [-0.4, -0.2) is 31.8 Å². The average molecular weight is 479 g/mol. The number of anilines is 2. The van der Waals surface area contributed by atoms with Crippen LogP contribution >= 0.6 is 22.7 Å². The van der Waals surface area contributed by atoms with E-state index in [1.165, 1.54) is 22.7 Å². The Balaban J connectivity index is 1.20. The smallest absolute Gasteiger partial charge is 0.226 e. The maximum atomic E-state index is 12.4. The molecule has 0 saturated heterocycles. The van der Waals surface area contributed by atoms with Crippen molar-refractivity contribution >= 4 is 44.8 Å². The number of amides is 2. The molecule has 4 aromatic heterocycles. The van der Waals surface area contributed by atoms with Gasteiger partial charge in [-0.05, 0) is 36.6 Å². The predicted molar refractivity (Wildman–Crippen MR) is 131 cm³/mol. The second-order valence-electron chi connectivity index (χ2n) is 7.45. The van der Waals surface area contributed by atoms with Crippen LogP contribution in [0.1, 0.15) is 26.2 Å². The Bertz CT molecular complexity index is 1210. The summed E-state index contributed by atoms with van der Waals surface area (Å²) in [5.41, 5.74) is 2.99. The third-order valence-electron chi connectivity index (χ3n) is 4.75. The molecule has 10 heteroatoms. The number of rotatable bonds is 9. The van der Waals surface area contributed by atoms with Gasteiger partial charge in [0.15, 0.2) is 10.3 Å². The molecule has 0 fully saturated rings. The van der Waals surface area contributed by atoms with Crippen molar-refractivity contribution in [2.45, 2.75) is 26.2 Å². The number of nitrogens with one attached hydrogen (secondary N) is 2. The average Bonchev–Trinajstić information content (AvgIpc) is 3.49. The van der Waals surface area contributed by atoms with E-state index >= 15 is 0 Å². The molecule has 2 N–H and O–H groups in total. The number of hydrogen-bond donors (Lipinski definition) is 2. The van der Waals surface area contributed by atoms with Gasteiger partial charge in [-0.15, -0.1) is 22.7 Å². The van der Waals surface area contributed by atoms with Crippen molar-refractivity contribution in [3.8, 4) is 22.8 Å². The molecule has 2 amide bonds. The van der Waals surface area contributed by atoms with Crippen LogP contribution in [0.15, 0.2) is 59.6 Å². The van der Waals surface area contributed by atoms with Crippen LogP contribution in [0.4, 0.5) is 10.3 Å². The monoisotopic (exact) mass is 478 g/mol. The number of carbonyl (C=O) groups excluding carboxylic acids is 2. The third kappa shape index (κ3) is 6.50. The summed E-state index contributed by atoms with van der Waals surface area (Å²) in [6, 6.07) is 11.2. The highest BCUT2D eigenvalue weighted by atomic mass is 32.1. The van der Waals surface area contributed by atoms with Crippen molar-refractivity contribution in [1.29, 1.82) is 0 Å². The van der Waals surface area contributed by atoms with Crippen molar-refractivity contribution in [2.24, 2.45) is 5.92 Å². The zero-order valence-electron chi connectivity index (χ0n) is 17.9. The van der Waals surface area contributed by atoms with E-state index in [0.717, 1.165) is 22.8 Å². The zero-order chi connectivity index (χ0) is 23.0. The first kappa shape index (κ1) is 22.7. The Morgan fingerprint density at radius 1 is 0.818 bits per heavy atom. The first-order chi connectivity index (χ1) is 16.1. The van der Waals surface area contributed by atoms with Gasteiger partial charge in [0, 0.05) is 36.0 Å². The van der Waals surface area contributed by atoms with Gasteiger partial charge in [-0.3, -0.25) is 19.6 Å². The van der Waals surface area contributed by atoms with E-state index in [1.54, 1.807) is 12.4 Å². The molecule has 0 aliphatic heterocycles. The van der Waals surface area contributed by atoms with Gasteiger partial charge in [0.05, 0.1) is 11.4 Å². The van der Waals surface area contributed by atoms with Gasteiger partial charge in [0.1, 0.15) is 11.4 Å². The summed E-state index contributed by atoms with van der Waals surface area (Å²) in [7, 11) is 0. The van der Waals surface area contributed by atoms with E-state index in [1.807, 2.05) is 54.1 Å². The topological polar surface area (TPSA) is 110 Å². The van der Waals surface area contributed by atoms with Crippen LogP contribution in [0.25, 0.3) is 22.8 Å². The normalized spacial score (nSPS) is 11.7. The zero-order valence-corrected chi connectivity index (χ0v) is 19.5. The van der Waals surface area contributed by atoms with Crippen molar-refractivity contribution in [2.75, 3.05) is 10.6 Å². The summed E-state index contributed by atoms with van der Waals surface area (Å²) in [5.74, 6) is -0.194. The van der Waals surface area contributed by atoms with Crippen LogP contribution in [0.5, 0.6) is 0 Å². The number of hydrogen-bond acceptors (Lipinski definition) is 8. The van der Waals surface area contributed by atoms with Crippen LogP contribution in [0.2, 0.25) is 0 Å². The van der Waals surface area contributed by atoms with Crippen molar-refractivity contribution in [1.82, 2.24) is 19.9 Å². The number of carbonyl (C=O) groups is 2. The Morgan fingerprint density at radius 3 is 1.88 bits per heavy atom. The largest absolute Gasteiger partial charge is 0.302 e. The molecule has 33 heavy (non-hydrogen) atoms. The van der Waals surface area contributed by atoms with Crippen LogP contribution in [0.3, 0.4) is 0 Å². The van der Waals surface area contributed by atoms with Gasteiger partial charge in [-0.25, -0.2) is 9.97 Å². The highest BCUT2D eigenvalue weighted by molar-refractivity contribution is 7.14. The standard InChI is InChI=1S/C23H22N6O2S2/c1-15(12-21(31)29-23-27-19(14-33-23)17-7-3-5-11-25-17)8-9-20(30)28-22-26-18(13-32-22)16-6-2-4-10-24-16/h2-7,10-11,13-15H,8-9,12H2,1H3,(H,26,28,30)(H,27,29,31). The number of aromatic nitrogens is 4. The molecular weight excluding hydrogens is 456 g/mol. The first-order valence-electron chi connectivity index (χ1n) is 10.4. The van der Waals surface area contributed by atoms with E-state index < -0.39 is 0 Å². The molecule has 0 saturated carbocycles. The van der Waals surface area contributed by atoms with E-state index in [-0.39, 0.29) is 17.7 Å². The molecule has 4 rings (SSSR count). The van der Waals surface area contributed by atoms with E-state index in [0.29, 0.717) is 29.5 Å². The third-order valence-corrected chi connectivity index (χ3v) is 6.27. The first-order valence-corrected chi connectivity index (χ1v) is 12.2. The van der Waals surface area contributed by atoms with Gasteiger partial charge < -0.3 is 10.6 Å². The number of pyridine rings is 2. The Hall–Kier alpha value is -3.50. The fourth-order valence-electron chi connectivity index (χ4n) is 3.07. The minimum Gasteiger partial charge on any atom is -0.302 e. The highest BCUT2D eigenvalue weighted by Crippen LogP contribution is 2.25. The van der Waals surface area contributed by atoms with Gasteiger partial charge in [-0.2, -0.15) is 0 Å². The van der Waals surface area contributed by atoms with Crippen molar-refractivity contribution < 1.29 is 9.59 Å². The summed E-state index contributed by atoms with van der Waals surface area (Å²) >= 11 is 2.72. The van der Waals surface area contributed by atoms with Gasteiger partial charge in [-0.1, -0.05) is 19.1 Å². The number of thiazole rings is 2. The molecule has 168 valence electrons. The molecule has 0 bridgehead atoms.